The molecule has 0 amide bonds. The maximum atomic E-state index is 3.27. The summed E-state index contributed by atoms with van der Waals surface area (Å²) < 4.78 is 0. The molecular weight excluding hydrogens is 156 g/mol. The summed E-state index contributed by atoms with van der Waals surface area (Å²) in [4.78, 5) is 0. The van der Waals surface area contributed by atoms with E-state index >= 15 is 0 Å². The Labute approximate surface area is 77.5 Å². The first-order chi connectivity index (χ1) is 6.45. The van der Waals surface area contributed by atoms with Crippen LogP contribution in [0.3, 0.4) is 0 Å². The van der Waals surface area contributed by atoms with Crippen LogP contribution in [0.5, 0.6) is 0 Å². The molecule has 0 atom stereocenters. The van der Waals surface area contributed by atoms with Crippen LogP contribution in [0.25, 0.3) is 16.8 Å². The molecule has 0 aromatic heterocycles. The molecular formula is C13H9. The van der Waals surface area contributed by atoms with Crippen LogP contribution in [0.1, 0.15) is 11.1 Å². The number of hydrogen-bond donors (Lipinski definition) is 0. The van der Waals surface area contributed by atoms with Gasteiger partial charge in [-0.2, -0.15) is 0 Å². The molecule has 0 heterocycles. The maximum absolute atomic E-state index is 3.27. The lowest BCUT2D eigenvalue weighted by atomic mass is 9.93. The summed E-state index contributed by atoms with van der Waals surface area (Å²) in [5, 5.41) is 2.71. The van der Waals surface area contributed by atoms with Gasteiger partial charge in [0.15, 0.2) is 0 Å². The second-order valence-corrected chi connectivity index (χ2v) is 3.38. The van der Waals surface area contributed by atoms with Gasteiger partial charge in [0.2, 0.25) is 0 Å². The van der Waals surface area contributed by atoms with E-state index in [0.717, 1.165) is 6.42 Å². The molecule has 0 saturated heterocycles. The van der Waals surface area contributed by atoms with Gasteiger partial charge in [0, 0.05) is 0 Å². The van der Waals surface area contributed by atoms with E-state index in [2.05, 4.69) is 42.5 Å². The standard InChI is InChI=1S/C13H9/c1-4-10-6-2-8-12-9-3-7-11(5-1)13(10)12/h1-6,9H,7H2. The largest absolute Gasteiger partial charge is 0.0795 e. The SMILES string of the molecule is [c]1ccc2cccc3c2c1C=CC3. The highest BCUT2D eigenvalue weighted by Crippen LogP contribution is 2.27. The average Bonchev–Trinajstić information content (AvgIpc) is 2.19. The first-order valence-electron chi connectivity index (χ1n) is 4.54. The molecule has 0 bridgehead atoms. The zero-order valence-corrected chi connectivity index (χ0v) is 7.25. The summed E-state index contributed by atoms with van der Waals surface area (Å²) in [5.41, 5.74) is 2.66. The molecule has 0 fully saturated rings. The van der Waals surface area contributed by atoms with E-state index < -0.39 is 0 Å². The Morgan fingerprint density at radius 3 is 3.15 bits per heavy atom. The molecule has 0 N–H and O–H groups in total. The van der Waals surface area contributed by atoms with Crippen molar-refractivity contribution in [1.29, 1.82) is 0 Å². The first kappa shape index (κ1) is 6.90. The van der Waals surface area contributed by atoms with E-state index in [9.17, 15) is 0 Å². The third-order valence-electron chi connectivity index (χ3n) is 2.58. The van der Waals surface area contributed by atoms with Gasteiger partial charge in [-0.15, -0.1) is 0 Å². The highest BCUT2D eigenvalue weighted by Gasteiger charge is 2.06. The van der Waals surface area contributed by atoms with Crippen molar-refractivity contribution in [3.8, 4) is 0 Å². The van der Waals surface area contributed by atoms with Crippen LogP contribution in [0.2, 0.25) is 0 Å². The van der Waals surface area contributed by atoms with Gasteiger partial charge in [-0.25, -0.2) is 0 Å². The minimum atomic E-state index is 1.06. The zero-order valence-electron chi connectivity index (χ0n) is 7.25. The van der Waals surface area contributed by atoms with Gasteiger partial charge in [-0.1, -0.05) is 42.5 Å². The van der Waals surface area contributed by atoms with E-state index in [1.54, 1.807) is 0 Å². The van der Waals surface area contributed by atoms with Crippen molar-refractivity contribution < 1.29 is 0 Å². The van der Waals surface area contributed by atoms with Gasteiger partial charge in [0.1, 0.15) is 0 Å². The summed E-state index contributed by atoms with van der Waals surface area (Å²) in [6.07, 6.45) is 5.42. The second kappa shape index (κ2) is 2.46. The molecule has 2 aromatic carbocycles. The Morgan fingerprint density at radius 2 is 2.15 bits per heavy atom. The summed E-state index contributed by atoms with van der Waals surface area (Å²) in [5.74, 6) is 0. The van der Waals surface area contributed by atoms with Crippen LogP contribution in [-0.2, 0) is 6.42 Å². The van der Waals surface area contributed by atoms with Crippen LogP contribution in [0.15, 0.2) is 36.4 Å². The molecule has 0 heteroatoms. The maximum Gasteiger partial charge on any atom is -0.00700 e. The third kappa shape index (κ3) is 0.919. The predicted octanol–water partition coefficient (Wildman–Crippen LogP) is 3.21. The van der Waals surface area contributed by atoms with Crippen molar-refractivity contribution in [2.45, 2.75) is 6.42 Å². The minimum absolute atomic E-state index is 1.06. The highest BCUT2D eigenvalue weighted by molar-refractivity contribution is 5.94. The van der Waals surface area contributed by atoms with E-state index in [1.807, 2.05) is 6.07 Å². The molecule has 3 rings (SSSR count). The van der Waals surface area contributed by atoms with Crippen LogP contribution >= 0.6 is 0 Å². The van der Waals surface area contributed by atoms with Crippen LogP contribution in [-0.4, -0.2) is 0 Å². The van der Waals surface area contributed by atoms with Crippen LogP contribution in [0, 0.1) is 6.07 Å². The Bertz CT molecular complexity index is 487. The van der Waals surface area contributed by atoms with Gasteiger partial charge in [0.25, 0.3) is 0 Å². The van der Waals surface area contributed by atoms with Crippen LogP contribution in [0.4, 0.5) is 0 Å². The lowest BCUT2D eigenvalue weighted by Crippen LogP contribution is -1.91. The summed E-state index contributed by atoms with van der Waals surface area (Å²) in [6.45, 7) is 0. The summed E-state index contributed by atoms with van der Waals surface area (Å²) >= 11 is 0. The molecule has 13 heavy (non-hydrogen) atoms. The number of benzene rings is 2. The van der Waals surface area contributed by atoms with Crippen molar-refractivity contribution in [3.63, 3.8) is 0 Å². The van der Waals surface area contributed by atoms with Gasteiger partial charge in [-0.05, 0) is 34.4 Å². The molecule has 0 saturated carbocycles. The monoisotopic (exact) mass is 165 g/mol. The third-order valence-corrected chi connectivity index (χ3v) is 2.58. The quantitative estimate of drug-likeness (QED) is 0.562. The molecule has 0 spiro atoms. The Hall–Kier alpha value is -1.56. The van der Waals surface area contributed by atoms with Crippen molar-refractivity contribution >= 4 is 16.8 Å². The van der Waals surface area contributed by atoms with Gasteiger partial charge >= 0.3 is 0 Å². The van der Waals surface area contributed by atoms with E-state index in [-0.39, 0.29) is 0 Å². The van der Waals surface area contributed by atoms with Crippen LogP contribution < -0.4 is 0 Å². The fourth-order valence-corrected chi connectivity index (χ4v) is 1.99. The van der Waals surface area contributed by atoms with Crippen molar-refractivity contribution in [3.05, 3.63) is 53.6 Å². The lowest BCUT2D eigenvalue weighted by Gasteiger charge is -2.11. The molecule has 0 aliphatic heterocycles. The fourth-order valence-electron chi connectivity index (χ4n) is 1.99. The summed E-state index contributed by atoms with van der Waals surface area (Å²) in [6, 6.07) is 13.9. The predicted molar refractivity (Wildman–Crippen MR) is 55.5 cm³/mol. The van der Waals surface area contributed by atoms with Gasteiger partial charge in [-0.3, -0.25) is 0 Å². The molecule has 2 aromatic rings. The first-order valence-corrected chi connectivity index (χ1v) is 4.54. The van der Waals surface area contributed by atoms with E-state index in [4.69, 9.17) is 0 Å². The number of allylic oxidation sites excluding steroid dienone is 1. The minimum Gasteiger partial charge on any atom is -0.0795 e. The highest BCUT2D eigenvalue weighted by atomic mass is 14.1. The smallest absolute Gasteiger partial charge is 0.00700 e. The van der Waals surface area contributed by atoms with Gasteiger partial charge in [0.05, 0.1) is 0 Å². The van der Waals surface area contributed by atoms with Crippen molar-refractivity contribution in [2.75, 3.05) is 0 Å². The topological polar surface area (TPSA) is 0 Å². The Balaban J connectivity index is 2.56. The normalized spacial score (nSPS) is 13.5. The molecule has 0 unspecified atom stereocenters. The van der Waals surface area contributed by atoms with Gasteiger partial charge < -0.3 is 0 Å². The zero-order chi connectivity index (χ0) is 8.67. The van der Waals surface area contributed by atoms with E-state index in [0.29, 0.717) is 0 Å². The average molecular weight is 165 g/mol. The molecule has 1 radical (unpaired) electrons. The Morgan fingerprint density at radius 1 is 1.15 bits per heavy atom. The second-order valence-electron chi connectivity index (χ2n) is 3.38. The fraction of sp³-hybridized carbons (Fsp3) is 0.0769. The molecule has 61 valence electrons. The summed E-state index contributed by atoms with van der Waals surface area (Å²) in [7, 11) is 0. The lowest BCUT2D eigenvalue weighted by molar-refractivity contribution is 1.29. The van der Waals surface area contributed by atoms with Crippen molar-refractivity contribution in [2.24, 2.45) is 0 Å². The molecule has 1 aliphatic carbocycles. The van der Waals surface area contributed by atoms with E-state index in [1.165, 1.54) is 21.9 Å². The molecule has 1 aliphatic rings. The molecule has 0 nitrogen and oxygen atoms in total. The Kier molecular flexibility index (Phi) is 1.31. The van der Waals surface area contributed by atoms with Crippen molar-refractivity contribution in [1.82, 2.24) is 0 Å². The number of hydrogen-bond acceptors (Lipinski definition) is 0. The number of rotatable bonds is 0.